The number of nitrogens with zero attached hydrogens (tertiary/aromatic N) is 2. The molecule has 1 aromatic heterocycles. The van der Waals surface area contributed by atoms with E-state index in [2.05, 4.69) is 8.75 Å². The molecule has 0 bridgehead atoms. The Morgan fingerprint density at radius 3 is 2.57 bits per heavy atom. The van der Waals surface area contributed by atoms with E-state index in [4.69, 9.17) is 11.6 Å². The Morgan fingerprint density at radius 2 is 2.07 bits per heavy atom. The summed E-state index contributed by atoms with van der Waals surface area (Å²) in [6, 6.07) is 0. The first-order chi connectivity index (χ1) is 6.58. The molecule has 0 saturated carbocycles. The van der Waals surface area contributed by atoms with Crippen molar-refractivity contribution in [2.45, 2.75) is 31.2 Å². The SMILES string of the molecule is CCCCCS(=O)(=O)c1nsnc1Cl. The van der Waals surface area contributed by atoms with E-state index in [1.165, 1.54) is 0 Å². The van der Waals surface area contributed by atoms with Crippen LogP contribution in [0.3, 0.4) is 0 Å². The third kappa shape index (κ3) is 2.90. The number of aromatic nitrogens is 2. The summed E-state index contributed by atoms with van der Waals surface area (Å²) >= 11 is 6.42. The minimum Gasteiger partial charge on any atom is -0.222 e. The zero-order valence-electron chi connectivity index (χ0n) is 7.73. The maximum absolute atomic E-state index is 11.6. The summed E-state index contributed by atoms with van der Waals surface area (Å²) in [6.07, 6.45) is 2.53. The molecule has 0 atom stereocenters. The molecular weight excluding hydrogens is 244 g/mol. The number of hydrogen-bond acceptors (Lipinski definition) is 5. The molecule has 4 nitrogen and oxygen atoms in total. The predicted molar refractivity (Wildman–Crippen MR) is 56.5 cm³/mol. The standard InChI is InChI=1S/C7H11ClN2O2S2/c1-2-3-4-5-14(11,12)7-6(8)9-13-10-7/h2-5H2,1H3. The smallest absolute Gasteiger partial charge is 0.207 e. The lowest BCUT2D eigenvalue weighted by molar-refractivity contribution is 0.588. The van der Waals surface area contributed by atoms with Crippen molar-refractivity contribution in [3.8, 4) is 0 Å². The zero-order chi connectivity index (χ0) is 10.6. The van der Waals surface area contributed by atoms with E-state index >= 15 is 0 Å². The molecule has 1 rings (SSSR count). The molecule has 0 saturated heterocycles. The summed E-state index contributed by atoms with van der Waals surface area (Å²) in [4.78, 5) is 0. The molecule has 0 aliphatic rings. The van der Waals surface area contributed by atoms with Gasteiger partial charge in [0, 0.05) is 0 Å². The van der Waals surface area contributed by atoms with Crippen LogP contribution >= 0.6 is 23.3 Å². The maximum atomic E-state index is 11.6. The topological polar surface area (TPSA) is 59.9 Å². The highest BCUT2D eigenvalue weighted by atomic mass is 35.5. The number of hydrogen-bond donors (Lipinski definition) is 0. The highest BCUT2D eigenvalue weighted by Crippen LogP contribution is 2.20. The van der Waals surface area contributed by atoms with Crippen molar-refractivity contribution in [1.82, 2.24) is 8.75 Å². The molecule has 0 radical (unpaired) electrons. The second-order valence-electron chi connectivity index (χ2n) is 2.89. The molecular formula is C7H11ClN2O2S2. The summed E-state index contributed by atoms with van der Waals surface area (Å²) in [7, 11) is -3.32. The largest absolute Gasteiger partial charge is 0.222 e. The van der Waals surface area contributed by atoms with E-state index in [-0.39, 0.29) is 15.9 Å². The normalized spacial score (nSPS) is 11.9. The molecule has 0 aliphatic heterocycles. The Labute approximate surface area is 92.5 Å². The molecule has 0 aliphatic carbocycles. The summed E-state index contributed by atoms with van der Waals surface area (Å²) in [5, 5.41) is -0.0771. The molecule has 1 heterocycles. The highest BCUT2D eigenvalue weighted by molar-refractivity contribution is 7.91. The van der Waals surface area contributed by atoms with E-state index in [0.717, 1.165) is 24.6 Å². The number of halogens is 1. The van der Waals surface area contributed by atoms with Crippen molar-refractivity contribution in [2.24, 2.45) is 0 Å². The fraction of sp³-hybridized carbons (Fsp3) is 0.714. The summed E-state index contributed by atoms with van der Waals surface area (Å²) in [5.41, 5.74) is 0. The van der Waals surface area contributed by atoms with Gasteiger partial charge in [-0.1, -0.05) is 31.4 Å². The van der Waals surface area contributed by atoms with Crippen molar-refractivity contribution >= 4 is 33.2 Å². The molecule has 80 valence electrons. The monoisotopic (exact) mass is 254 g/mol. The molecule has 0 N–H and O–H groups in total. The van der Waals surface area contributed by atoms with Gasteiger partial charge >= 0.3 is 0 Å². The highest BCUT2D eigenvalue weighted by Gasteiger charge is 2.21. The Balaban J connectivity index is 2.72. The van der Waals surface area contributed by atoms with Crippen LogP contribution in [0.1, 0.15) is 26.2 Å². The van der Waals surface area contributed by atoms with E-state index < -0.39 is 9.84 Å². The van der Waals surface area contributed by atoms with Crippen molar-refractivity contribution in [2.75, 3.05) is 5.75 Å². The Hall–Kier alpha value is -0.200. The van der Waals surface area contributed by atoms with Gasteiger partial charge in [-0.3, -0.25) is 0 Å². The van der Waals surface area contributed by atoms with Gasteiger partial charge in [0.25, 0.3) is 0 Å². The van der Waals surface area contributed by atoms with Gasteiger partial charge < -0.3 is 0 Å². The Kier molecular flexibility index (Phi) is 4.28. The van der Waals surface area contributed by atoms with Crippen LogP contribution < -0.4 is 0 Å². The van der Waals surface area contributed by atoms with Crippen LogP contribution in [0.15, 0.2) is 5.03 Å². The van der Waals surface area contributed by atoms with E-state index in [0.29, 0.717) is 6.42 Å². The quantitative estimate of drug-likeness (QED) is 0.756. The molecule has 0 amide bonds. The van der Waals surface area contributed by atoms with Gasteiger partial charge in [-0.05, 0) is 6.42 Å². The first-order valence-electron chi connectivity index (χ1n) is 4.28. The van der Waals surface area contributed by atoms with Gasteiger partial charge in [-0.15, -0.1) is 0 Å². The lowest BCUT2D eigenvalue weighted by Crippen LogP contribution is -2.07. The fourth-order valence-electron chi connectivity index (χ4n) is 0.994. The fourth-order valence-corrected chi connectivity index (χ4v) is 3.58. The van der Waals surface area contributed by atoms with Gasteiger partial charge in [0.05, 0.1) is 17.5 Å². The van der Waals surface area contributed by atoms with Crippen molar-refractivity contribution in [3.05, 3.63) is 5.15 Å². The Bertz CT molecular complexity index is 388. The first-order valence-corrected chi connectivity index (χ1v) is 7.05. The molecule has 14 heavy (non-hydrogen) atoms. The summed E-state index contributed by atoms with van der Waals surface area (Å²) in [6.45, 7) is 2.02. The maximum Gasteiger partial charge on any atom is 0.207 e. The molecule has 0 unspecified atom stereocenters. The molecule has 0 aromatic carbocycles. The van der Waals surface area contributed by atoms with Gasteiger partial charge in [-0.25, -0.2) is 8.42 Å². The third-order valence-electron chi connectivity index (χ3n) is 1.73. The van der Waals surface area contributed by atoms with Gasteiger partial charge in [0.2, 0.25) is 5.03 Å². The minimum atomic E-state index is -3.32. The zero-order valence-corrected chi connectivity index (χ0v) is 10.1. The minimum absolute atomic E-state index is 0.00787. The van der Waals surface area contributed by atoms with Gasteiger partial charge in [-0.2, -0.15) is 8.75 Å². The van der Waals surface area contributed by atoms with Crippen molar-refractivity contribution < 1.29 is 8.42 Å². The average Bonchev–Trinajstić information content (AvgIpc) is 2.52. The predicted octanol–water partition coefficient (Wildman–Crippen LogP) is 2.16. The van der Waals surface area contributed by atoms with Crippen LogP contribution in [-0.4, -0.2) is 22.9 Å². The lowest BCUT2D eigenvalue weighted by Gasteiger charge is -1.99. The number of unbranched alkanes of at least 4 members (excludes halogenated alkanes) is 2. The lowest BCUT2D eigenvalue weighted by atomic mass is 10.3. The van der Waals surface area contributed by atoms with Crippen LogP contribution in [0.25, 0.3) is 0 Å². The number of rotatable bonds is 5. The van der Waals surface area contributed by atoms with Crippen molar-refractivity contribution in [1.29, 1.82) is 0 Å². The first kappa shape index (κ1) is 11.9. The number of sulfone groups is 1. The molecule has 7 heteroatoms. The van der Waals surface area contributed by atoms with Crippen molar-refractivity contribution in [3.63, 3.8) is 0 Å². The van der Waals surface area contributed by atoms with Crippen LogP contribution in [0, 0.1) is 0 Å². The van der Waals surface area contributed by atoms with Crippen LogP contribution in [0.2, 0.25) is 5.15 Å². The van der Waals surface area contributed by atoms with Crippen LogP contribution in [0.4, 0.5) is 0 Å². The molecule has 0 fully saturated rings. The summed E-state index contributed by atoms with van der Waals surface area (Å²) in [5.74, 6) is 0.103. The van der Waals surface area contributed by atoms with Gasteiger partial charge in [0.1, 0.15) is 0 Å². The van der Waals surface area contributed by atoms with E-state index in [1.54, 1.807) is 0 Å². The second kappa shape index (κ2) is 5.04. The van der Waals surface area contributed by atoms with Gasteiger partial charge in [0.15, 0.2) is 15.0 Å². The Morgan fingerprint density at radius 1 is 1.36 bits per heavy atom. The summed E-state index contributed by atoms with van der Waals surface area (Å²) < 4.78 is 30.5. The second-order valence-corrected chi connectivity index (χ2v) is 5.80. The third-order valence-corrected chi connectivity index (χ3v) is 4.55. The molecule has 1 aromatic rings. The van der Waals surface area contributed by atoms with Crippen LogP contribution in [-0.2, 0) is 9.84 Å². The van der Waals surface area contributed by atoms with E-state index in [9.17, 15) is 8.42 Å². The van der Waals surface area contributed by atoms with Crippen LogP contribution in [0.5, 0.6) is 0 Å². The molecule has 0 spiro atoms. The average molecular weight is 255 g/mol. The van der Waals surface area contributed by atoms with E-state index in [1.807, 2.05) is 6.92 Å².